The van der Waals surface area contributed by atoms with Crippen LogP contribution in [0.25, 0.3) is 0 Å². The fraction of sp³-hybridized carbons (Fsp3) is 0.571. The zero-order valence-electron chi connectivity index (χ0n) is 10.8. The van der Waals surface area contributed by atoms with Gasteiger partial charge in [0.15, 0.2) is 11.5 Å². The average Bonchev–Trinajstić information content (AvgIpc) is 2.46. The summed E-state index contributed by atoms with van der Waals surface area (Å²) in [6.45, 7) is 2.00. The van der Waals surface area contributed by atoms with Crippen molar-refractivity contribution in [2.75, 3.05) is 24.7 Å². The fourth-order valence-electron chi connectivity index (χ4n) is 2.43. The van der Waals surface area contributed by atoms with E-state index in [1.807, 2.05) is 23.9 Å². The number of nitrogens with one attached hydrogen (secondary N) is 1. The van der Waals surface area contributed by atoms with Crippen LogP contribution in [-0.2, 0) is 6.54 Å². The molecule has 19 heavy (non-hydrogen) atoms. The molecule has 0 radical (unpaired) electrons. The normalized spacial score (nSPS) is 22.3. The Bertz CT molecular complexity index is 449. The van der Waals surface area contributed by atoms with Crippen molar-refractivity contribution in [3.05, 3.63) is 22.7 Å². The Morgan fingerprint density at radius 3 is 3.05 bits per heavy atom. The number of fused-ring (bicyclic) bond motifs is 1. The van der Waals surface area contributed by atoms with Crippen LogP contribution in [0.3, 0.4) is 0 Å². The first-order chi connectivity index (χ1) is 9.33. The molecule has 0 amide bonds. The predicted octanol–water partition coefficient (Wildman–Crippen LogP) is 3.10. The molecule has 1 aromatic rings. The van der Waals surface area contributed by atoms with E-state index < -0.39 is 0 Å². The van der Waals surface area contributed by atoms with Gasteiger partial charge in [0.2, 0.25) is 0 Å². The van der Waals surface area contributed by atoms with Gasteiger partial charge in [-0.25, -0.2) is 0 Å². The number of benzene rings is 1. The second kappa shape index (κ2) is 6.25. The minimum absolute atomic E-state index is 0.573. The highest BCUT2D eigenvalue weighted by atomic mass is 35.5. The Kier molecular flexibility index (Phi) is 4.41. The number of rotatable bonds is 3. The van der Waals surface area contributed by atoms with Gasteiger partial charge in [0.1, 0.15) is 13.2 Å². The van der Waals surface area contributed by atoms with Crippen LogP contribution < -0.4 is 14.8 Å². The van der Waals surface area contributed by atoms with Crippen molar-refractivity contribution in [1.82, 2.24) is 5.32 Å². The van der Waals surface area contributed by atoms with Gasteiger partial charge in [-0.2, -0.15) is 11.8 Å². The first-order valence-corrected chi connectivity index (χ1v) is 8.25. The molecule has 0 saturated carbocycles. The molecule has 5 heteroatoms. The Balaban J connectivity index is 1.65. The van der Waals surface area contributed by atoms with E-state index in [-0.39, 0.29) is 0 Å². The molecule has 3 rings (SSSR count). The predicted molar refractivity (Wildman–Crippen MR) is 79.6 cm³/mol. The van der Waals surface area contributed by atoms with E-state index in [0.29, 0.717) is 30.0 Å². The second-order valence-corrected chi connectivity index (χ2v) is 6.45. The number of thioether (sulfide) groups is 1. The van der Waals surface area contributed by atoms with E-state index in [9.17, 15) is 0 Å². The van der Waals surface area contributed by atoms with Crippen LogP contribution in [0, 0.1) is 0 Å². The van der Waals surface area contributed by atoms with Gasteiger partial charge >= 0.3 is 0 Å². The number of ether oxygens (including phenoxy) is 2. The van der Waals surface area contributed by atoms with Crippen molar-refractivity contribution in [2.45, 2.75) is 25.4 Å². The van der Waals surface area contributed by atoms with Gasteiger partial charge < -0.3 is 14.8 Å². The zero-order chi connectivity index (χ0) is 13.1. The highest BCUT2D eigenvalue weighted by Crippen LogP contribution is 2.38. The van der Waals surface area contributed by atoms with Crippen molar-refractivity contribution in [3.8, 4) is 11.5 Å². The molecule has 0 aliphatic carbocycles. The average molecular weight is 300 g/mol. The SMILES string of the molecule is Clc1cc(CNC2CCCSC2)cc2c1OCCO2. The van der Waals surface area contributed by atoms with E-state index in [4.69, 9.17) is 21.1 Å². The molecule has 1 saturated heterocycles. The molecule has 2 aliphatic heterocycles. The maximum Gasteiger partial charge on any atom is 0.179 e. The highest BCUT2D eigenvalue weighted by Gasteiger charge is 2.17. The van der Waals surface area contributed by atoms with Crippen LogP contribution >= 0.6 is 23.4 Å². The summed E-state index contributed by atoms with van der Waals surface area (Å²) in [6, 6.07) is 4.62. The van der Waals surface area contributed by atoms with Gasteiger partial charge in [-0.1, -0.05) is 11.6 Å². The molecule has 1 aromatic carbocycles. The topological polar surface area (TPSA) is 30.5 Å². The van der Waals surface area contributed by atoms with E-state index in [1.54, 1.807) is 0 Å². The summed E-state index contributed by atoms with van der Waals surface area (Å²) in [7, 11) is 0. The minimum Gasteiger partial charge on any atom is -0.486 e. The molecular formula is C14H18ClNO2S. The zero-order valence-corrected chi connectivity index (χ0v) is 12.4. The maximum atomic E-state index is 6.23. The van der Waals surface area contributed by atoms with E-state index in [0.717, 1.165) is 17.9 Å². The monoisotopic (exact) mass is 299 g/mol. The molecule has 2 aliphatic rings. The molecular weight excluding hydrogens is 282 g/mol. The van der Waals surface area contributed by atoms with Crippen LogP contribution in [0.4, 0.5) is 0 Å². The lowest BCUT2D eigenvalue weighted by molar-refractivity contribution is 0.171. The molecule has 104 valence electrons. The smallest absolute Gasteiger partial charge is 0.179 e. The summed E-state index contributed by atoms with van der Waals surface area (Å²) >= 11 is 8.26. The van der Waals surface area contributed by atoms with Crippen molar-refractivity contribution < 1.29 is 9.47 Å². The largest absolute Gasteiger partial charge is 0.486 e. The number of halogens is 1. The summed E-state index contributed by atoms with van der Waals surface area (Å²) in [5, 5.41) is 4.24. The Labute approximate surface area is 123 Å². The molecule has 1 unspecified atom stereocenters. The van der Waals surface area contributed by atoms with E-state index in [2.05, 4.69) is 5.32 Å². The minimum atomic E-state index is 0.573. The summed E-state index contributed by atoms with van der Waals surface area (Å²) in [6.07, 6.45) is 2.58. The van der Waals surface area contributed by atoms with Crippen LogP contribution in [0.1, 0.15) is 18.4 Å². The van der Waals surface area contributed by atoms with Gasteiger partial charge in [0.05, 0.1) is 5.02 Å². The molecule has 2 heterocycles. The van der Waals surface area contributed by atoms with Gasteiger partial charge in [0.25, 0.3) is 0 Å². The molecule has 0 aromatic heterocycles. The summed E-state index contributed by atoms with van der Waals surface area (Å²) in [4.78, 5) is 0. The third-order valence-corrected chi connectivity index (χ3v) is 4.91. The van der Waals surface area contributed by atoms with Crippen LogP contribution in [0.15, 0.2) is 12.1 Å². The lowest BCUT2D eigenvalue weighted by Gasteiger charge is -2.24. The Morgan fingerprint density at radius 1 is 1.32 bits per heavy atom. The van der Waals surface area contributed by atoms with Crippen LogP contribution in [-0.4, -0.2) is 30.8 Å². The highest BCUT2D eigenvalue weighted by molar-refractivity contribution is 7.99. The molecule has 3 nitrogen and oxygen atoms in total. The lowest BCUT2D eigenvalue weighted by atomic mass is 10.1. The summed E-state index contributed by atoms with van der Waals surface area (Å²) in [5.74, 6) is 3.96. The third-order valence-electron chi connectivity index (χ3n) is 3.41. The fourth-order valence-corrected chi connectivity index (χ4v) is 3.82. The molecule has 0 bridgehead atoms. The standard InChI is InChI=1S/C14H18ClNO2S/c15-12-6-10(7-13-14(12)18-4-3-17-13)8-16-11-2-1-5-19-9-11/h6-7,11,16H,1-5,8-9H2. The number of hydrogen-bond donors (Lipinski definition) is 1. The number of hydrogen-bond acceptors (Lipinski definition) is 4. The second-order valence-electron chi connectivity index (χ2n) is 4.90. The Hall–Kier alpha value is -0.580. The first kappa shape index (κ1) is 13.4. The quantitative estimate of drug-likeness (QED) is 0.929. The van der Waals surface area contributed by atoms with Crippen molar-refractivity contribution in [3.63, 3.8) is 0 Å². The molecule has 1 N–H and O–H groups in total. The maximum absolute atomic E-state index is 6.23. The van der Waals surface area contributed by atoms with Crippen molar-refractivity contribution >= 4 is 23.4 Å². The van der Waals surface area contributed by atoms with Gasteiger partial charge in [0, 0.05) is 18.3 Å². The van der Waals surface area contributed by atoms with Gasteiger partial charge in [-0.3, -0.25) is 0 Å². The third kappa shape index (κ3) is 3.30. The summed E-state index contributed by atoms with van der Waals surface area (Å²) < 4.78 is 11.1. The lowest BCUT2D eigenvalue weighted by Crippen LogP contribution is -2.33. The van der Waals surface area contributed by atoms with E-state index >= 15 is 0 Å². The molecule has 1 atom stereocenters. The molecule has 0 spiro atoms. The Morgan fingerprint density at radius 2 is 2.21 bits per heavy atom. The molecule has 1 fully saturated rings. The van der Waals surface area contributed by atoms with E-state index in [1.165, 1.54) is 24.3 Å². The van der Waals surface area contributed by atoms with Crippen LogP contribution in [0.5, 0.6) is 11.5 Å². The van der Waals surface area contributed by atoms with Crippen LogP contribution in [0.2, 0.25) is 5.02 Å². The van der Waals surface area contributed by atoms with Crippen molar-refractivity contribution in [1.29, 1.82) is 0 Å². The first-order valence-electron chi connectivity index (χ1n) is 6.72. The van der Waals surface area contributed by atoms with Gasteiger partial charge in [-0.05, 0) is 36.3 Å². The van der Waals surface area contributed by atoms with Gasteiger partial charge in [-0.15, -0.1) is 0 Å². The summed E-state index contributed by atoms with van der Waals surface area (Å²) in [5.41, 5.74) is 1.16. The van der Waals surface area contributed by atoms with Crippen molar-refractivity contribution in [2.24, 2.45) is 0 Å².